The fraction of sp³-hybridized carbons (Fsp3) is 0.357. The number of hydrogen-bond donors (Lipinski definition) is 2. The molecule has 6 heteroatoms. The van der Waals surface area contributed by atoms with Crippen molar-refractivity contribution >= 4 is 5.82 Å². The van der Waals surface area contributed by atoms with Crippen LogP contribution in [0.3, 0.4) is 0 Å². The van der Waals surface area contributed by atoms with Gasteiger partial charge in [0.05, 0.1) is 14.2 Å². The van der Waals surface area contributed by atoms with Crippen molar-refractivity contribution in [1.82, 2.24) is 9.66 Å². The third kappa shape index (κ3) is 2.36. The zero-order valence-corrected chi connectivity index (χ0v) is 12.0. The first-order valence-electron chi connectivity index (χ1n) is 6.46. The number of rotatable bonds is 5. The van der Waals surface area contributed by atoms with E-state index in [-0.39, 0.29) is 0 Å². The molecule has 0 bridgehead atoms. The quantitative estimate of drug-likeness (QED) is 0.813. The van der Waals surface area contributed by atoms with E-state index in [9.17, 15) is 0 Å². The second kappa shape index (κ2) is 5.73. The Hall–Kier alpha value is -2.37. The van der Waals surface area contributed by atoms with Crippen LogP contribution in [0.2, 0.25) is 0 Å². The fourth-order valence-corrected chi connectivity index (χ4v) is 2.09. The molecule has 0 unspecified atom stereocenters. The van der Waals surface area contributed by atoms with Gasteiger partial charge in [0.2, 0.25) is 0 Å². The second-order valence-electron chi connectivity index (χ2n) is 4.45. The molecule has 0 saturated carbocycles. The summed E-state index contributed by atoms with van der Waals surface area (Å²) in [4.78, 5) is 4.52. The van der Waals surface area contributed by atoms with Crippen molar-refractivity contribution in [3.05, 3.63) is 24.0 Å². The zero-order valence-electron chi connectivity index (χ0n) is 12.0. The zero-order chi connectivity index (χ0) is 14.7. The van der Waals surface area contributed by atoms with Crippen LogP contribution < -0.4 is 21.1 Å². The van der Waals surface area contributed by atoms with Crippen molar-refractivity contribution in [3.63, 3.8) is 0 Å². The van der Waals surface area contributed by atoms with Crippen LogP contribution in [0, 0.1) is 0 Å². The first-order valence-corrected chi connectivity index (χ1v) is 6.46. The highest BCUT2D eigenvalue weighted by molar-refractivity contribution is 5.73. The predicted molar refractivity (Wildman–Crippen MR) is 79.3 cm³/mol. The lowest BCUT2D eigenvalue weighted by Crippen LogP contribution is -2.15. The molecule has 0 amide bonds. The Bertz CT molecular complexity index is 607. The molecule has 1 heterocycles. The largest absolute Gasteiger partial charge is 0.493 e. The minimum absolute atomic E-state index is 0.445. The molecule has 0 spiro atoms. The van der Waals surface area contributed by atoms with E-state index in [0.29, 0.717) is 23.0 Å². The maximum atomic E-state index is 6.03. The lowest BCUT2D eigenvalue weighted by molar-refractivity contribution is 0.355. The molecule has 6 nitrogen and oxygen atoms in total. The van der Waals surface area contributed by atoms with E-state index in [1.807, 2.05) is 18.2 Å². The molecule has 1 aromatic carbocycles. The number of methoxy groups -OCH3 is 2. The van der Waals surface area contributed by atoms with E-state index in [2.05, 4.69) is 11.9 Å². The maximum absolute atomic E-state index is 6.03. The Balaban J connectivity index is 2.48. The highest BCUT2D eigenvalue weighted by Crippen LogP contribution is 2.34. The summed E-state index contributed by atoms with van der Waals surface area (Å²) < 4.78 is 11.9. The van der Waals surface area contributed by atoms with Gasteiger partial charge in [0.1, 0.15) is 11.5 Å². The summed E-state index contributed by atoms with van der Waals surface area (Å²) in [5.41, 5.74) is 7.54. The van der Waals surface area contributed by atoms with Crippen molar-refractivity contribution in [2.75, 3.05) is 25.8 Å². The van der Waals surface area contributed by atoms with Gasteiger partial charge in [-0.3, -0.25) is 0 Å². The number of aryl methyl sites for hydroxylation is 1. The van der Waals surface area contributed by atoms with E-state index in [4.69, 9.17) is 21.1 Å². The molecule has 4 N–H and O–H groups in total. The van der Waals surface area contributed by atoms with Gasteiger partial charge in [-0.25, -0.2) is 9.66 Å². The molecule has 108 valence electrons. The van der Waals surface area contributed by atoms with Crippen molar-refractivity contribution < 1.29 is 9.47 Å². The Labute approximate surface area is 118 Å². The number of imidazole rings is 1. The van der Waals surface area contributed by atoms with Gasteiger partial charge in [0.25, 0.3) is 0 Å². The molecule has 0 aliphatic carbocycles. The van der Waals surface area contributed by atoms with Crippen molar-refractivity contribution in [3.8, 4) is 22.8 Å². The number of ether oxygens (including phenoxy) is 2. The lowest BCUT2D eigenvalue weighted by atomic mass is 10.1. The minimum atomic E-state index is 0.445. The third-order valence-electron chi connectivity index (χ3n) is 3.15. The Morgan fingerprint density at radius 3 is 2.50 bits per heavy atom. The molecule has 0 aliphatic rings. The van der Waals surface area contributed by atoms with Crippen molar-refractivity contribution in [2.24, 2.45) is 0 Å². The number of anilines is 1. The second-order valence-corrected chi connectivity index (χ2v) is 4.45. The van der Waals surface area contributed by atoms with Crippen LogP contribution >= 0.6 is 0 Å². The van der Waals surface area contributed by atoms with E-state index in [1.54, 1.807) is 14.2 Å². The van der Waals surface area contributed by atoms with Gasteiger partial charge >= 0.3 is 0 Å². The molecule has 2 aromatic rings. The molecule has 1 aromatic heterocycles. The smallest absolute Gasteiger partial charge is 0.161 e. The average molecular weight is 276 g/mol. The number of nitrogen functional groups attached to an aromatic ring is 2. The molecule has 20 heavy (non-hydrogen) atoms. The van der Waals surface area contributed by atoms with Gasteiger partial charge < -0.3 is 21.1 Å². The first-order chi connectivity index (χ1) is 9.62. The predicted octanol–water partition coefficient (Wildman–Crippen LogP) is 1.82. The maximum Gasteiger partial charge on any atom is 0.161 e. The summed E-state index contributed by atoms with van der Waals surface area (Å²) in [6, 6.07) is 5.55. The Morgan fingerprint density at radius 2 is 1.90 bits per heavy atom. The minimum Gasteiger partial charge on any atom is -0.493 e. The SMILES string of the molecule is CCCc1nc(-c2ccc(OC)c(OC)c2)c(N)n1N. The number of hydrogen-bond acceptors (Lipinski definition) is 5. The normalized spacial score (nSPS) is 10.6. The van der Waals surface area contributed by atoms with E-state index in [1.165, 1.54) is 4.68 Å². The van der Waals surface area contributed by atoms with Gasteiger partial charge in [0.15, 0.2) is 17.3 Å². The highest BCUT2D eigenvalue weighted by Gasteiger charge is 2.15. The van der Waals surface area contributed by atoms with Gasteiger partial charge in [-0.1, -0.05) is 6.92 Å². The molecular weight excluding hydrogens is 256 g/mol. The summed E-state index contributed by atoms with van der Waals surface area (Å²) in [7, 11) is 3.19. The van der Waals surface area contributed by atoms with E-state index < -0.39 is 0 Å². The van der Waals surface area contributed by atoms with Gasteiger partial charge in [-0.05, 0) is 24.6 Å². The number of aromatic nitrogens is 2. The van der Waals surface area contributed by atoms with Crippen LogP contribution in [-0.2, 0) is 6.42 Å². The molecule has 2 rings (SSSR count). The monoisotopic (exact) mass is 276 g/mol. The van der Waals surface area contributed by atoms with Crippen LogP contribution in [0.15, 0.2) is 18.2 Å². The topological polar surface area (TPSA) is 88.3 Å². The molecule has 0 fully saturated rings. The third-order valence-corrected chi connectivity index (χ3v) is 3.15. The summed E-state index contributed by atoms with van der Waals surface area (Å²) in [6.07, 6.45) is 1.74. The fourth-order valence-electron chi connectivity index (χ4n) is 2.09. The van der Waals surface area contributed by atoms with Crippen LogP contribution in [0.1, 0.15) is 19.2 Å². The van der Waals surface area contributed by atoms with Crippen LogP contribution in [0.5, 0.6) is 11.5 Å². The summed E-state index contributed by atoms with van der Waals surface area (Å²) in [5.74, 6) is 8.44. The van der Waals surface area contributed by atoms with E-state index >= 15 is 0 Å². The molecule has 0 atom stereocenters. The van der Waals surface area contributed by atoms with E-state index in [0.717, 1.165) is 24.2 Å². The molecule has 0 aliphatic heterocycles. The van der Waals surface area contributed by atoms with Crippen LogP contribution in [0.4, 0.5) is 5.82 Å². The molecule has 0 radical (unpaired) electrons. The lowest BCUT2D eigenvalue weighted by Gasteiger charge is -2.08. The Morgan fingerprint density at radius 1 is 1.20 bits per heavy atom. The Kier molecular flexibility index (Phi) is 4.02. The van der Waals surface area contributed by atoms with Crippen LogP contribution in [-0.4, -0.2) is 23.9 Å². The first kappa shape index (κ1) is 14.0. The summed E-state index contributed by atoms with van der Waals surface area (Å²) in [5, 5.41) is 0. The number of benzene rings is 1. The van der Waals surface area contributed by atoms with Crippen molar-refractivity contribution in [2.45, 2.75) is 19.8 Å². The van der Waals surface area contributed by atoms with Gasteiger partial charge in [-0.15, -0.1) is 0 Å². The number of nitrogens with zero attached hydrogens (tertiary/aromatic N) is 2. The summed E-state index contributed by atoms with van der Waals surface area (Å²) in [6.45, 7) is 2.07. The number of nitrogens with two attached hydrogens (primary N) is 2. The van der Waals surface area contributed by atoms with Gasteiger partial charge in [-0.2, -0.15) is 0 Å². The highest BCUT2D eigenvalue weighted by atomic mass is 16.5. The van der Waals surface area contributed by atoms with Crippen LogP contribution in [0.25, 0.3) is 11.3 Å². The summed E-state index contributed by atoms with van der Waals surface area (Å²) >= 11 is 0. The average Bonchev–Trinajstić information content (AvgIpc) is 2.75. The van der Waals surface area contributed by atoms with Gasteiger partial charge in [0, 0.05) is 12.0 Å². The molecular formula is C14H20N4O2. The van der Waals surface area contributed by atoms with Crippen molar-refractivity contribution in [1.29, 1.82) is 0 Å². The molecule has 0 saturated heterocycles. The standard InChI is InChI=1S/C14H20N4O2/c1-4-5-12-17-13(14(15)18(12)16)9-6-7-10(19-2)11(8-9)20-3/h6-8H,4-5,15-16H2,1-3H3.